The minimum absolute atomic E-state index is 0.0410. The Bertz CT molecular complexity index is 1190. The van der Waals surface area contributed by atoms with Crippen LogP contribution in [0.2, 0.25) is 0 Å². The van der Waals surface area contributed by atoms with Crippen molar-refractivity contribution >= 4 is 32.6 Å². The summed E-state index contributed by atoms with van der Waals surface area (Å²) in [4.78, 5) is 13.2. The molecule has 1 atom stereocenters. The molecule has 0 spiro atoms. The number of aromatic nitrogens is 3. The monoisotopic (exact) mass is 448 g/mol. The molecule has 1 aliphatic heterocycles. The number of benzene rings is 1. The van der Waals surface area contributed by atoms with Crippen molar-refractivity contribution in [2.45, 2.75) is 12.3 Å². The van der Waals surface area contributed by atoms with E-state index in [1.165, 1.54) is 6.20 Å². The number of halogens is 2. The second-order valence-corrected chi connectivity index (χ2v) is 9.27. The van der Waals surface area contributed by atoms with Gasteiger partial charge in [0.05, 0.1) is 23.4 Å². The Hall–Kier alpha value is -2.92. The summed E-state index contributed by atoms with van der Waals surface area (Å²) in [5, 5.41) is 6.05. The smallest absolute Gasteiger partial charge is 0.255 e. The van der Waals surface area contributed by atoms with Crippen LogP contribution in [0.15, 0.2) is 42.7 Å². The largest absolute Gasteiger partial charge is 0.368 e. The molecule has 31 heavy (non-hydrogen) atoms. The first-order valence-corrected chi connectivity index (χ1v) is 11.6. The van der Waals surface area contributed by atoms with Gasteiger partial charge in [0, 0.05) is 49.7 Å². The van der Waals surface area contributed by atoms with E-state index in [9.17, 15) is 17.2 Å². The molecule has 0 unspecified atom stereocenters. The maximum Gasteiger partial charge on any atom is 0.255 e. The highest BCUT2D eigenvalue weighted by Crippen LogP contribution is 2.32. The van der Waals surface area contributed by atoms with E-state index in [0.29, 0.717) is 34.8 Å². The normalized spacial score (nSPS) is 18.6. The van der Waals surface area contributed by atoms with Gasteiger partial charge in [-0.2, -0.15) is 0 Å². The SMILES string of the molecule is CS(=O)(=O)Nc1ccc(-c2cc3nccnc3c(NC[C@H]3CNCCC3(F)F)n2)cc1. The summed E-state index contributed by atoms with van der Waals surface area (Å²) in [6.45, 7) is 0.563. The Balaban J connectivity index is 1.63. The fraction of sp³-hybridized carbons (Fsp3) is 0.350. The van der Waals surface area contributed by atoms with E-state index in [0.717, 1.165) is 11.8 Å². The summed E-state index contributed by atoms with van der Waals surface area (Å²) in [6.07, 6.45) is 3.96. The molecule has 8 nitrogen and oxygen atoms in total. The highest BCUT2D eigenvalue weighted by Gasteiger charge is 2.41. The number of anilines is 2. The molecule has 1 saturated heterocycles. The first kappa shape index (κ1) is 21.3. The Morgan fingerprint density at radius 2 is 1.94 bits per heavy atom. The van der Waals surface area contributed by atoms with E-state index in [2.05, 4.69) is 30.3 Å². The summed E-state index contributed by atoms with van der Waals surface area (Å²) < 4.78 is 53.6. The molecular formula is C20H22F2N6O2S. The van der Waals surface area contributed by atoms with Crippen molar-refractivity contribution in [3.8, 4) is 11.3 Å². The zero-order valence-corrected chi connectivity index (χ0v) is 17.6. The number of pyridine rings is 1. The number of nitrogens with one attached hydrogen (secondary N) is 3. The Kier molecular flexibility index (Phi) is 5.71. The maximum atomic E-state index is 14.2. The van der Waals surface area contributed by atoms with Gasteiger partial charge in [0.1, 0.15) is 5.52 Å². The van der Waals surface area contributed by atoms with Crippen LogP contribution in [0, 0.1) is 5.92 Å². The predicted octanol–water partition coefficient (Wildman–Crippen LogP) is 2.72. The summed E-state index contributed by atoms with van der Waals surface area (Å²) in [6, 6.07) is 8.45. The molecular weight excluding hydrogens is 426 g/mol. The lowest BCUT2D eigenvalue weighted by molar-refractivity contribution is -0.0728. The van der Waals surface area contributed by atoms with Crippen LogP contribution in [-0.4, -0.2) is 55.2 Å². The van der Waals surface area contributed by atoms with Gasteiger partial charge in [-0.15, -0.1) is 0 Å². The minimum atomic E-state index is -3.38. The van der Waals surface area contributed by atoms with E-state index < -0.39 is 21.9 Å². The van der Waals surface area contributed by atoms with Gasteiger partial charge in [-0.3, -0.25) is 9.71 Å². The van der Waals surface area contributed by atoms with Crippen LogP contribution >= 0.6 is 0 Å². The highest BCUT2D eigenvalue weighted by molar-refractivity contribution is 7.92. The molecule has 3 aromatic rings. The van der Waals surface area contributed by atoms with E-state index in [-0.39, 0.29) is 19.5 Å². The first-order valence-electron chi connectivity index (χ1n) is 9.74. The van der Waals surface area contributed by atoms with Gasteiger partial charge in [0.2, 0.25) is 10.0 Å². The third-order valence-corrected chi connectivity index (χ3v) is 5.69. The topological polar surface area (TPSA) is 109 Å². The third-order valence-electron chi connectivity index (χ3n) is 5.08. The number of fused-ring (bicyclic) bond motifs is 1. The average Bonchev–Trinajstić information content (AvgIpc) is 2.72. The number of piperidine rings is 1. The molecule has 1 aromatic carbocycles. The van der Waals surface area contributed by atoms with Gasteiger partial charge >= 0.3 is 0 Å². The van der Waals surface area contributed by atoms with Crippen molar-refractivity contribution < 1.29 is 17.2 Å². The number of nitrogens with zero attached hydrogens (tertiary/aromatic N) is 3. The molecule has 3 N–H and O–H groups in total. The van der Waals surface area contributed by atoms with Crippen LogP contribution in [0.25, 0.3) is 22.3 Å². The van der Waals surface area contributed by atoms with Crippen LogP contribution in [0.4, 0.5) is 20.3 Å². The second-order valence-electron chi connectivity index (χ2n) is 7.52. The molecule has 3 heterocycles. The third kappa shape index (κ3) is 5.05. The standard InChI is InChI=1S/C20H22F2N6O2S/c1-31(29,30)28-15-4-2-13(3-5-15)16-10-17-18(25-9-8-24-17)19(27-16)26-12-14-11-23-7-6-20(14,21)22/h2-5,8-10,14,23,28H,6-7,11-12H2,1H3,(H,26,27)/t14-/m1/s1. The lowest BCUT2D eigenvalue weighted by atomic mass is 9.95. The molecule has 0 aliphatic carbocycles. The van der Waals surface area contributed by atoms with Crippen LogP contribution in [0.5, 0.6) is 0 Å². The van der Waals surface area contributed by atoms with Gasteiger partial charge < -0.3 is 10.6 Å². The summed E-state index contributed by atoms with van der Waals surface area (Å²) in [7, 11) is -3.38. The van der Waals surface area contributed by atoms with Crippen LogP contribution in [-0.2, 0) is 10.0 Å². The molecule has 0 amide bonds. The average molecular weight is 448 g/mol. The maximum absolute atomic E-state index is 14.2. The molecule has 0 bridgehead atoms. The Morgan fingerprint density at radius 3 is 2.65 bits per heavy atom. The molecule has 11 heteroatoms. The lowest BCUT2D eigenvalue weighted by Crippen LogP contribution is -2.47. The quantitative estimate of drug-likeness (QED) is 0.532. The van der Waals surface area contributed by atoms with Gasteiger partial charge in [-0.05, 0) is 18.2 Å². The Morgan fingerprint density at radius 1 is 1.19 bits per heavy atom. The van der Waals surface area contributed by atoms with Crippen LogP contribution in [0.3, 0.4) is 0 Å². The van der Waals surface area contributed by atoms with E-state index in [1.807, 2.05) is 0 Å². The summed E-state index contributed by atoms with van der Waals surface area (Å²) >= 11 is 0. The molecule has 1 aliphatic rings. The van der Waals surface area contributed by atoms with Gasteiger partial charge in [-0.25, -0.2) is 27.2 Å². The van der Waals surface area contributed by atoms with Crippen molar-refractivity contribution in [2.75, 3.05) is 35.9 Å². The van der Waals surface area contributed by atoms with Gasteiger partial charge in [-0.1, -0.05) is 12.1 Å². The van der Waals surface area contributed by atoms with Crippen molar-refractivity contribution in [3.63, 3.8) is 0 Å². The molecule has 0 saturated carbocycles. The summed E-state index contributed by atoms with van der Waals surface area (Å²) in [5.41, 5.74) is 2.78. The number of hydrogen-bond donors (Lipinski definition) is 3. The van der Waals surface area contributed by atoms with Crippen LogP contribution < -0.4 is 15.4 Å². The fourth-order valence-corrected chi connectivity index (χ4v) is 4.06. The zero-order chi connectivity index (χ0) is 22.1. The first-order chi connectivity index (χ1) is 14.7. The Labute approximate surface area is 178 Å². The van der Waals surface area contributed by atoms with Gasteiger partial charge in [0.15, 0.2) is 5.82 Å². The number of rotatable bonds is 6. The van der Waals surface area contributed by atoms with Gasteiger partial charge in [0.25, 0.3) is 5.92 Å². The fourth-order valence-electron chi connectivity index (χ4n) is 3.49. The molecule has 164 valence electrons. The number of sulfonamides is 1. The molecule has 2 aromatic heterocycles. The molecule has 0 radical (unpaired) electrons. The van der Waals surface area contributed by atoms with E-state index in [1.54, 1.807) is 36.5 Å². The van der Waals surface area contributed by atoms with E-state index in [4.69, 9.17) is 0 Å². The second kappa shape index (κ2) is 8.31. The number of hydrogen-bond acceptors (Lipinski definition) is 7. The summed E-state index contributed by atoms with van der Waals surface area (Å²) in [5.74, 6) is -3.24. The lowest BCUT2D eigenvalue weighted by Gasteiger charge is -2.32. The van der Waals surface area contributed by atoms with Crippen LogP contribution in [0.1, 0.15) is 6.42 Å². The van der Waals surface area contributed by atoms with E-state index >= 15 is 0 Å². The number of alkyl halides is 2. The zero-order valence-electron chi connectivity index (χ0n) is 16.8. The van der Waals surface area contributed by atoms with Crippen molar-refractivity contribution in [3.05, 3.63) is 42.7 Å². The predicted molar refractivity (Wildman–Crippen MR) is 116 cm³/mol. The van der Waals surface area contributed by atoms with Crippen molar-refractivity contribution in [1.82, 2.24) is 20.3 Å². The molecule has 1 fully saturated rings. The van der Waals surface area contributed by atoms with Crippen molar-refractivity contribution in [1.29, 1.82) is 0 Å². The minimum Gasteiger partial charge on any atom is -0.368 e. The highest BCUT2D eigenvalue weighted by atomic mass is 32.2. The molecule has 4 rings (SSSR count). The van der Waals surface area contributed by atoms with Crippen molar-refractivity contribution in [2.24, 2.45) is 5.92 Å².